The summed E-state index contributed by atoms with van der Waals surface area (Å²) in [5.41, 5.74) is 0. The maximum Gasteiger partial charge on any atom is 0.160 e. The van der Waals surface area contributed by atoms with Crippen LogP contribution in [-0.2, 0) is 4.79 Å². The molecule has 1 nitrogen and oxygen atoms in total. The largest absolute Gasteiger partial charge is 0.297 e. The van der Waals surface area contributed by atoms with Gasteiger partial charge in [-0.05, 0) is 6.92 Å². The number of hydrogen-bond donors (Lipinski definition) is 0. The van der Waals surface area contributed by atoms with Crippen LogP contribution in [0.5, 0.6) is 0 Å². The average molecular weight is 183 g/mol. The molecule has 0 saturated carbocycles. The van der Waals surface area contributed by atoms with Crippen molar-refractivity contribution in [3.05, 3.63) is 36.5 Å². The lowest BCUT2D eigenvalue weighted by molar-refractivity contribution is -0.119. The van der Waals surface area contributed by atoms with E-state index in [1.807, 2.05) is 36.5 Å². The highest BCUT2D eigenvalue weighted by atomic mass is 35.5. The predicted molar refractivity (Wildman–Crippen MR) is 51.2 cm³/mol. The van der Waals surface area contributed by atoms with Crippen LogP contribution in [0.25, 0.3) is 0 Å². The van der Waals surface area contributed by atoms with E-state index < -0.39 is 5.38 Å². The lowest BCUT2D eigenvalue weighted by atomic mass is 10.0. The van der Waals surface area contributed by atoms with E-state index in [2.05, 4.69) is 0 Å². The molecule has 0 saturated heterocycles. The van der Waals surface area contributed by atoms with Gasteiger partial charge in [-0.25, -0.2) is 0 Å². The number of halogens is 1. The first-order chi connectivity index (χ1) is 5.72. The zero-order valence-corrected chi connectivity index (χ0v) is 7.66. The van der Waals surface area contributed by atoms with Crippen molar-refractivity contribution in [2.75, 3.05) is 0 Å². The Bertz CT molecular complexity index is 233. The SMILES string of the molecule is C[C@H](Cl)C(=O)C1C=CC=CC=C1. The van der Waals surface area contributed by atoms with Crippen molar-refractivity contribution < 1.29 is 4.79 Å². The Kier molecular flexibility index (Phi) is 3.30. The minimum absolute atomic E-state index is 0.0490. The molecule has 0 heterocycles. The van der Waals surface area contributed by atoms with Crippen LogP contribution in [0.1, 0.15) is 6.92 Å². The van der Waals surface area contributed by atoms with Gasteiger partial charge in [0.05, 0.1) is 11.3 Å². The molecule has 1 aliphatic rings. The molecule has 0 aliphatic heterocycles. The Morgan fingerprint density at radius 1 is 1.25 bits per heavy atom. The van der Waals surface area contributed by atoms with Gasteiger partial charge in [-0.3, -0.25) is 4.79 Å². The lowest BCUT2D eigenvalue weighted by Gasteiger charge is -2.06. The van der Waals surface area contributed by atoms with E-state index in [0.29, 0.717) is 0 Å². The number of ketones is 1. The van der Waals surface area contributed by atoms with Gasteiger partial charge in [-0.15, -0.1) is 11.6 Å². The van der Waals surface area contributed by atoms with E-state index >= 15 is 0 Å². The highest BCUT2D eigenvalue weighted by molar-refractivity contribution is 6.31. The Morgan fingerprint density at radius 2 is 1.75 bits per heavy atom. The fraction of sp³-hybridized carbons (Fsp3) is 0.300. The Morgan fingerprint density at radius 3 is 2.17 bits per heavy atom. The predicted octanol–water partition coefficient (Wildman–Crippen LogP) is 2.48. The number of hydrogen-bond acceptors (Lipinski definition) is 1. The zero-order chi connectivity index (χ0) is 8.97. The van der Waals surface area contributed by atoms with Gasteiger partial charge in [-0.1, -0.05) is 36.5 Å². The minimum Gasteiger partial charge on any atom is -0.297 e. The van der Waals surface area contributed by atoms with Crippen LogP contribution in [0.4, 0.5) is 0 Å². The first kappa shape index (κ1) is 9.27. The second-order valence-corrected chi connectivity index (χ2v) is 3.35. The van der Waals surface area contributed by atoms with Crippen LogP contribution in [0.2, 0.25) is 0 Å². The highest BCUT2D eigenvalue weighted by Gasteiger charge is 2.17. The molecular formula is C10H11ClO. The molecule has 0 unspecified atom stereocenters. The molecule has 0 aromatic heterocycles. The second-order valence-electron chi connectivity index (χ2n) is 2.70. The molecule has 0 radical (unpaired) electrons. The fourth-order valence-corrected chi connectivity index (χ4v) is 1.16. The summed E-state index contributed by atoms with van der Waals surface area (Å²) in [4.78, 5) is 11.4. The average Bonchev–Trinajstić information content (AvgIpc) is 2.30. The van der Waals surface area contributed by atoms with Crippen LogP contribution in [0, 0.1) is 5.92 Å². The molecule has 0 bridgehead atoms. The third-order valence-corrected chi connectivity index (χ3v) is 1.91. The maximum atomic E-state index is 11.4. The zero-order valence-electron chi connectivity index (χ0n) is 6.91. The lowest BCUT2D eigenvalue weighted by Crippen LogP contribution is -2.18. The summed E-state index contributed by atoms with van der Waals surface area (Å²) in [5, 5.41) is -0.414. The van der Waals surface area contributed by atoms with Crippen molar-refractivity contribution in [1.82, 2.24) is 0 Å². The van der Waals surface area contributed by atoms with E-state index in [0.717, 1.165) is 0 Å². The highest BCUT2D eigenvalue weighted by Crippen LogP contribution is 2.12. The van der Waals surface area contributed by atoms with Crippen molar-refractivity contribution >= 4 is 17.4 Å². The van der Waals surface area contributed by atoms with E-state index in [1.165, 1.54) is 0 Å². The molecule has 0 spiro atoms. The number of alkyl halides is 1. The molecule has 1 atom stereocenters. The number of allylic oxidation sites excluding steroid dienone is 6. The molecule has 0 aromatic rings. The third-order valence-electron chi connectivity index (χ3n) is 1.69. The van der Waals surface area contributed by atoms with E-state index in [1.54, 1.807) is 6.92 Å². The molecule has 0 aromatic carbocycles. The van der Waals surface area contributed by atoms with Crippen LogP contribution in [-0.4, -0.2) is 11.2 Å². The Hall–Kier alpha value is -0.820. The van der Waals surface area contributed by atoms with Crippen molar-refractivity contribution in [1.29, 1.82) is 0 Å². The smallest absolute Gasteiger partial charge is 0.160 e. The number of carbonyl (C=O) groups is 1. The van der Waals surface area contributed by atoms with E-state index in [4.69, 9.17) is 11.6 Å². The van der Waals surface area contributed by atoms with Gasteiger partial charge in [0.1, 0.15) is 0 Å². The van der Waals surface area contributed by atoms with Gasteiger partial charge in [0, 0.05) is 0 Å². The summed E-state index contributed by atoms with van der Waals surface area (Å²) >= 11 is 5.68. The molecule has 1 aliphatic carbocycles. The van der Waals surface area contributed by atoms with Crippen LogP contribution in [0.15, 0.2) is 36.5 Å². The normalized spacial score (nSPS) is 19.2. The molecule has 0 N–H and O–H groups in total. The fourth-order valence-electron chi connectivity index (χ4n) is 1.02. The van der Waals surface area contributed by atoms with Crippen molar-refractivity contribution in [2.45, 2.75) is 12.3 Å². The van der Waals surface area contributed by atoms with Crippen LogP contribution >= 0.6 is 11.6 Å². The Labute approximate surface area is 77.4 Å². The van der Waals surface area contributed by atoms with Crippen LogP contribution in [0.3, 0.4) is 0 Å². The van der Waals surface area contributed by atoms with E-state index in [9.17, 15) is 4.79 Å². The molecule has 1 rings (SSSR count). The maximum absolute atomic E-state index is 11.4. The summed E-state index contributed by atoms with van der Waals surface area (Å²) in [7, 11) is 0. The number of carbonyl (C=O) groups excluding carboxylic acids is 1. The van der Waals surface area contributed by atoms with Crippen molar-refractivity contribution in [3.63, 3.8) is 0 Å². The standard InChI is InChI=1S/C10H11ClO/c1-8(11)10(12)9-6-4-2-3-5-7-9/h2-9H,1H3/t8-/m0/s1. The van der Waals surface area contributed by atoms with Crippen molar-refractivity contribution in [3.8, 4) is 0 Å². The first-order valence-corrected chi connectivity index (χ1v) is 4.35. The molecule has 0 amide bonds. The van der Waals surface area contributed by atoms with Gasteiger partial charge in [0.15, 0.2) is 5.78 Å². The van der Waals surface area contributed by atoms with E-state index in [-0.39, 0.29) is 11.7 Å². The molecule has 12 heavy (non-hydrogen) atoms. The molecular weight excluding hydrogens is 172 g/mol. The first-order valence-electron chi connectivity index (χ1n) is 3.91. The third kappa shape index (κ3) is 2.35. The van der Waals surface area contributed by atoms with Gasteiger partial charge < -0.3 is 0 Å². The molecule has 2 heteroatoms. The van der Waals surface area contributed by atoms with Crippen molar-refractivity contribution in [2.24, 2.45) is 5.92 Å². The molecule has 0 fully saturated rings. The van der Waals surface area contributed by atoms with Gasteiger partial charge in [0.2, 0.25) is 0 Å². The number of Topliss-reactive ketones (excluding diaryl/α,β-unsaturated/α-hetero) is 1. The molecule has 64 valence electrons. The Balaban J connectivity index is 2.70. The van der Waals surface area contributed by atoms with Gasteiger partial charge >= 0.3 is 0 Å². The summed E-state index contributed by atoms with van der Waals surface area (Å²) in [6.45, 7) is 1.70. The topological polar surface area (TPSA) is 17.1 Å². The quantitative estimate of drug-likeness (QED) is 0.600. The monoisotopic (exact) mass is 182 g/mol. The number of rotatable bonds is 2. The summed E-state index contributed by atoms with van der Waals surface area (Å²) in [6, 6.07) is 0. The second kappa shape index (κ2) is 4.27. The minimum atomic E-state index is -0.414. The van der Waals surface area contributed by atoms with Gasteiger partial charge in [-0.2, -0.15) is 0 Å². The van der Waals surface area contributed by atoms with Gasteiger partial charge in [0.25, 0.3) is 0 Å². The van der Waals surface area contributed by atoms with Crippen LogP contribution < -0.4 is 0 Å². The summed E-state index contributed by atoms with van der Waals surface area (Å²) < 4.78 is 0. The summed E-state index contributed by atoms with van der Waals surface area (Å²) in [5.74, 6) is -0.111. The summed E-state index contributed by atoms with van der Waals surface area (Å²) in [6.07, 6.45) is 11.2.